The molecule has 166 valence electrons. The third kappa shape index (κ3) is 5.69. The second-order valence-electron chi connectivity index (χ2n) is 7.97. The first kappa shape index (κ1) is 22.5. The third-order valence-corrected chi connectivity index (χ3v) is 5.90. The molecule has 1 atom stereocenters. The summed E-state index contributed by atoms with van der Waals surface area (Å²) in [6.07, 6.45) is 1.59. The molecule has 0 aromatic heterocycles. The Morgan fingerprint density at radius 3 is 2.16 bits per heavy atom. The van der Waals surface area contributed by atoms with Gasteiger partial charge in [0.05, 0.1) is 14.2 Å². The number of nitrogens with one attached hydrogen (secondary N) is 2. The van der Waals surface area contributed by atoms with Gasteiger partial charge in [0, 0.05) is 36.4 Å². The number of amides is 3. The molecule has 1 fully saturated rings. The number of aryl methyl sites for hydroxylation is 1. The zero-order valence-electron chi connectivity index (χ0n) is 18.6. The van der Waals surface area contributed by atoms with Crippen LogP contribution in [0.2, 0.25) is 0 Å². The van der Waals surface area contributed by atoms with E-state index in [1.807, 2.05) is 43.0 Å². The van der Waals surface area contributed by atoms with Gasteiger partial charge in [0.1, 0.15) is 0 Å². The Labute approximate surface area is 183 Å². The summed E-state index contributed by atoms with van der Waals surface area (Å²) >= 11 is 0. The van der Waals surface area contributed by atoms with E-state index in [9.17, 15) is 9.59 Å². The van der Waals surface area contributed by atoms with Crippen molar-refractivity contribution < 1.29 is 19.1 Å². The van der Waals surface area contributed by atoms with E-state index in [0.717, 1.165) is 24.1 Å². The first-order valence-electron chi connectivity index (χ1n) is 10.6. The number of ether oxygens (including phenoxy) is 2. The number of hydrogen-bond donors (Lipinski definition) is 2. The van der Waals surface area contributed by atoms with E-state index in [4.69, 9.17) is 9.47 Å². The van der Waals surface area contributed by atoms with Crippen LogP contribution < -0.4 is 20.1 Å². The molecule has 3 amide bonds. The normalized spacial score (nSPS) is 15.2. The highest BCUT2D eigenvalue weighted by Crippen LogP contribution is 2.31. The summed E-state index contributed by atoms with van der Waals surface area (Å²) in [4.78, 5) is 27.1. The van der Waals surface area contributed by atoms with Crippen molar-refractivity contribution in [3.05, 3.63) is 48.0 Å². The summed E-state index contributed by atoms with van der Waals surface area (Å²) in [7, 11) is 3.14. The molecule has 0 radical (unpaired) electrons. The number of urea groups is 1. The second kappa shape index (κ2) is 10.2. The van der Waals surface area contributed by atoms with E-state index in [2.05, 4.69) is 10.6 Å². The third-order valence-electron chi connectivity index (χ3n) is 5.90. The van der Waals surface area contributed by atoms with Crippen LogP contribution in [0.25, 0.3) is 0 Å². The summed E-state index contributed by atoms with van der Waals surface area (Å²) in [5.74, 6) is 1.22. The summed E-state index contributed by atoms with van der Waals surface area (Å²) in [5.41, 5.74) is 2.61. The predicted molar refractivity (Wildman–Crippen MR) is 122 cm³/mol. The van der Waals surface area contributed by atoms with Crippen molar-refractivity contribution in [1.29, 1.82) is 0 Å². The van der Waals surface area contributed by atoms with Gasteiger partial charge in [-0.05, 0) is 49.9 Å². The van der Waals surface area contributed by atoms with Gasteiger partial charge in [-0.25, -0.2) is 4.79 Å². The van der Waals surface area contributed by atoms with Crippen LogP contribution in [0.1, 0.15) is 25.3 Å². The number of hydrogen-bond acceptors (Lipinski definition) is 4. The van der Waals surface area contributed by atoms with Crippen molar-refractivity contribution in [2.45, 2.75) is 26.7 Å². The first-order chi connectivity index (χ1) is 14.9. The van der Waals surface area contributed by atoms with Crippen LogP contribution in [0.5, 0.6) is 11.5 Å². The number of likely N-dealkylation sites (tertiary alicyclic amines) is 1. The maximum Gasteiger partial charge on any atom is 0.321 e. The molecule has 3 rings (SSSR count). The molecule has 7 nitrogen and oxygen atoms in total. The largest absolute Gasteiger partial charge is 0.493 e. The molecule has 2 N–H and O–H groups in total. The van der Waals surface area contributed by atoms with Gasteiger partial charge in [0.2, 0.25) is 5.91 Å². The van der Waals surface area contributed by atoms with Gasteiger partial charge in [-0.3, -0.25) is 4.79 Å². The van der Waals surface area contributed by atoms with Crippen LogP contribution >= 0.6 is 0 Å². The minimum absolute atomic E-state index is 0.0326. The van der Waals surface area contributed by atoms with E-state index in [1.165, 1.54) is 0 Å². The van der Waals surface area contributed by atoms with Gasteiger partial charge in [-0.15, -0.1) is 0 Å². The fraction of sp³-hybridized carbons (Fsp3) is 0.417. The van der Waals surface area contributed by atoms with E-state index >= 15 is 0 Å². The van der Waals surface area contributed by atoms with E-state index in [-0.39, 0.29) is 23.8 Å². The smallest absolute Gasteiger partial charge is 0.321 e. The number of piperidine rings is 1. The number of nitrogens with zero attached hydrogens (tertiary/aromatic N) is 1. The molecule has 1 heterocycles. The van der Waals surface area contributed by atoms with Crippen molar-refractivity contribution in [3.8, 4) is 11.5 Å². The molecule has 0 aliphatic carbocycles. The number of carbonyl (C=O) groups is 2. The van der Waals surface area contributed by atoms with E-state index in [1.54, 1.807) is 32.4 Å². The fourth-order valence-corrected chi connectivity index (χ4v) is 3.83. The van der Waals surface area contributed by atoms with Gasteiger partial charge in [-0.2, -0.15) is 0 Å². The van der Waals surface area contributed by atoms with E-state index in [0.29, 0.717) is 30.3 Å². The first-order valence-corrected chi connectivity index (χ1v) is 10.6. The van der Waals surface area contributed by atoms with Crippen molar-refractivity contribution in [3.63, 3.8) is 0 Å². The summed E-state index contributed by atoms with van der Waals surface area (Å²) in [6.45, 7) is 5.23. The lowest BCUT2D eigenvalue weighted by Gasteiger charge is -2.34. The molecular weight excluding hydrogens is 394 g/mol. The van der Waals surface area contributed by atoms with Crippen molar-refractivity contribution in [2.75, 3.05) is 37.9 Å². The van der Waals surface area contributed by atoms with Gasteiger partial charge in [0.15, 0.2) is 11.5 Å². The Balaban J connectivity index is 1.51. The number of benzene rings is 2. The van der Waals surface area contributed by atoms with Crippen molar-refractivity contribution in [1.82, 2.24) is 4.90 Å². The molecule has 0 saturated carbocycles. The Hall–Kier alpha value is -3.22. The average molecular weight is 426 g/mol. The maximum absolute atomic E-state index is 12.8. The molecule has 1 aliphatic rings. The summed E-state index contributed by atoms with van der Waals surface area (Å²) in [6, 6.07) is 13.0. The SMILES string of the molecule is COc1ccc(NC(=O)C(C)C2CCN(C(=O)Nc3ccc(C)cc3)CC2)cc1OC. The van der Waals surface area contributed by atoms with E-state index < -0.39 is 0 Å². The van der Waals surface area contributed by atoms with Gasteiger partial charge >= 0.3 is 6.03 Å². The molecule has 0 spiro atoms. The molecule has 2 aromatic carbocycles. The zero-order chi connectivity index (χ0) is 22.4. The van der Waals surface area contributed by atoms with Crippen LogP contribution in [0.15, 0.2) is 42.5 Å². The second-order valence-corrected chi connectivity index (χ2v) is 7.97. The summed E-state index contributed by atoms with van der Waals surface area (Å²) in [5, 5.41) is 5.91. The summed E-state index contributed by atoms with van der Waals surface area (Å²) < 4.78 is 10.5. The standard InChI is InChI=1S/C24H31N3O4/c1-16-5-7-19(8-6-16)26-24(29)27-13-11-18(12-14-27)17(2)23(28)25-20-9-10-21(30-3)22(15-20)31-4/h5-10,15,17-18H,11-14H2,1-4H3,(H,25,28)(H,26,29). The molecule has 31 heavy (non-hydrogen) atoms. The van der Waals surface area contributed by atoms with Gasteiger partial charge in [0.25, 0.3) is 0 Å². The van der Waals surface area contributed by atoms with Crippen molar-refractivity contribution in [2.24, 2.45) is 11.8 Å². The highest BCUT2D eigenvalue weighted by atomic mass is 16.5. The molecule has 1 unspecified atom stereocenters. The molecule has 7 heteroatoms. The molecular formula is C24H31N3O4. The lowest BCUT2D eigenvalue weighted by molar-refractivity contribution is -0.121. The Morgan fingerprint density at radius 2 is 1.55 bits per heavy atom. The monoisotopic (exact) mass is 425 g/mol. The van der Waals surface area contributed by atoms with Crippen LogP contribution in [-0.4, -0.2) is 44.1 Å². The minimum Gasteiger partial charge on any atom is -0.493 e. The molecule has 1 aliphatic heterocycles. The zero-order valence-corrected chi connectivity index (χ0v) is 18.6. The molecule has 1 saturated heterocycles. The van der Waals surface area contributed by atoms with Gasteiger partial charge < -0.3 is 25.0 Å². The molecule has 0 bridgehead atoms. The highest BCUT2D eigenvalue weighted by molar-refractivity contribution is 5.93. The quantitative estimate of drug-likeness (QED) is 0.713. The average Bonchev–Trinajstić information content (AvgIpc) is 2.80. The lowest BCUT2D eigenvalue weighted by Crippen LogP contribution is -2.43. The Kier molecular flexibility index (Phi) is 7.39. The number of anilines is 2. The number of carbonyl (C=O) groups excluding carboxylic acids is 2. The fourth-order valence-electron chi connectivity index (χ4n) is 3.83. The maximum atomic E-state index is 12.8. The topological polar surface area (TPSA) is 79.9 Å². The van der Waals surface area contributed by atoms with Crippen LogP contribution in [0.4, 0.5) is 16.2 Å². The minimum atomic E-state index is -0.157. The van der Waals surface area contributed by atoms with Gasteiger partial charge in [-0.1, -0.05) is 24.6 Å². The van der Waals surface area contributed by atoms with Crippen molar-refractivity contribution >= 4 is 23.3 Å². The Morgan fingerprint density at radius 1 is 0.935 bits per heavy atom. The lowest BCUT2D eigenvalue weighted by atomic mass is 9.85. The highest BCUT2D eigenvalue weighted by Gasteiger charge is 2.30. The molecule has 2 aromatic rings. The number of methoxy groups -OCH3 is 2. The van der Waals surface area contributed by atoms with Crippen LogP contribution in [0.3, 0.4) is 0 Å². The van der Waals surface area contributed by atoms with Crippen LogP contribution in [-0.2, 0) is 4.79 Å². The number of rotatable bonds is 6. The van der Waals surface area contributed by atoms with Crippen LogP contribution in [0, 0.1) is 18.8 Å². The predicted octanol–water partition coefficient (Wildman–Crippen LogP) is 4.53. The Bertz CT molecular complexity index is 906.